The molecule has 7 heteroatoms. The van der Waals surface area contributed by atoms with E-state index in [1.165, 1.54) is 5.56 Å². The fourth-order valence-corrected chi connectivity index (χ4v) is 3.29. The summed E-state index contributed by atoms with van der Waals surface area (Å²) in [4.78, 5) is 27.6. The molecule has 28 heavy (non-hydrogen) atoms. The second-order valence-electron chi connectivity index (χ2n) is 6.14. The van der Waals surface area contributed by atoms with Gasteiger partial charge in [0, 0.05) is 18.3 Å². The third-order valence-corrected chi connectivity index (χ3v) is 4.95. The third-order valence-electron chi connectivity index (χ3n) is 4.07. The Morgan fingerprint density at radius 2 is 1.82 bits per heavy atom. The largest absolute Gasteiger partial charge is 0.493 e. The molecule has 0 spiro atoms. The molecular formula is C21H26N2O4S. The van der Waals surface area contributed by atoms with E-state index in [1.807, 2.05) is 36.5 Å². The molecule has 1 aromatic heterocycles. The van der Waals surface area contributed by atoms with Crippen LogP contribution in [0.25, 0.3) is 0 Å². The number of nitrogens with zero attached hydrogens (tertiary/aromatic N) is 1. The number of carbonyl (C=O) groups is 2. The summed E-state index contributed by atoms with van der Waals surface area (Å²) in [6, 6.07) is 11.5. The van der Waals surface area contributed by atoms with Gasteiger partial charge in [-0.2, -0.15) is 0 Å². The molecule has 6 nitrogen and oxygen atoms in total. The maximum atomic E-state index is 12.0. The number of esters is 1. The molecule has 0 bridgehead atoms. The number of aromatic nitrogens is 1. The molecular weight excluding hydrogens is 376 g/mol. The maximum absolute atomic E-state index is 12.0. The van der Waals surface area contributed by atoms with Crippen LogP contribution >= 0.6 is 11.8 Å². The van der Waals surface area contributed by atoms with Gasteiger partial charge in [-0.3, -0.25) is 14.6 Å². The van der Waals surface area contributed by atoms with Gasteiger partial charge in [0.25, 0.3) is 5.24 Å². The number of thioether (sulfide) groups is 1. The minimum atomic E-state index is -0.651. The highest BCUT2D eigenvalue weighted by molar-refractivity contribution is 8.14. The molecule has 2 aromatic rings. The number of nitrogens with two attached hydrogens (primary N) is 1. The van der Waals surface area contributed by atoms with Crippen molar-refractivity contribution in [2.75, 3.05) is 13.2 Å². The minimum absolute atomic E-state index is 0.261. The van der Waals surface area contributed by atoms with Gasteiger partial charge in [-0.15, -0.1) is 0 Å². The normalized spacial score (nSPS) is 11.6. The summed E-state index contributed by atoms with van der Waals surface area (Å²) in [5.41, 5.74) is 8.33. The van der Waals surface area contributed by atoms with E-state index < -0.39 is 16.5 Å². The number of rotatable bonds is 10. The Labute approximate surface area is 169 Å². The van der Waals surface area contributed by atoms with E-state index in [0.717, 1.165) is 41.6 Å². The molecule has 0 aliphatic rings. The van der Waals surface area contributed by atoms with Crippen LogP contribution in [0, 0.1) is 0 Å². The molecule has 1 heterocycles. The van der Waals surface area contributed by atoms with Crippen molar-refractivity contribution in [2.24, 2.45) is 5.73 Å². The third kappa shape index (κ3) is 7.23. The van der Waals surface area contributed by atoms with Crippen LogP contribution in [0.1, 0.15) is 30.7 Å². The van der Waals surface area contributed by atoms with E-state index in [1.54, 1.807) is 6.92 Å². The highest BCUT2D eigenvalue weighted by Crippen LogP contribution is 2.20. The lowest BCUT2D eigenvalue weighted by Crippen LogP contribution is -2.25. The molecule has 0 saturated heterocycles. The van der Waals surface area contributed by atoms with Crippen molar-refractivity contribution in [3.63, 3.8) is 0 Å². The summed E-state index contributed by atoms with van der Waals surface area (Å²) >= 11 is 0.787. The summed E-state index contributed by atoms with van der Waals surface area (Å²) in [7, 11) is 0. The molecule has 0 radical (unpaired) electrons. The van der Waals surface area contributed by atoms with E-state index >= 15 is 0 Å². The number of amides is 1. The van der Waals surface area contributed by atoms with Gasteiger partial charge in [-0.25, -0.2) is 0 Å². The van der Waals surface area contributed by atoms with Gasteiger partial charge in [0.1, 0.15) is 11.0 Å². The number of benzene rings is 1. The highest BCUT2D eigenvalue weighted by Gasteiger charge is 2.23. The fourth-order valence-electron chi connectivity index (χ4n) is 2.57. The van der Waals surface area contributed by atoms with Crippen molar-refractivity contribution < 1.29 is 19.1 Å². The molecule has 1 atom stereocenters. The predicted molar refractivity (Wildman–Crippen MR) is 111 cm³/mol. The van der Waals surface area contributed by atoms with E-state index in [-0.39, 0.29) is 6.61 Å². The monoisotopic (exact) mass is 402 g/mol. The number of hydrogen-bond acceptors (Lipinski definition) is 6. The Bertz CT molecular complexity index is 763. The van der Waals surface area contributed by atoms with Crippen LogP contribution in [0.2, 0.25) is 0 Å². The van der Waals surface area contributed by atoms with Gasteiger partial charge in [0.05, 0.1) is 13.2 Å². The first-order chi connectivity index (χ1) is 13.5. The van der Waals surface area contributed by atoms with Crippen LogP contribution in [0.5, 0.6) is 5.75 Å². The highest BCUT2D eigenvalue weighted by atomic mass is 32.2. The first-order valence-corrected chi connectivity index (χ1v) is 10.2. The van der Waals surface area contributed by atoms with E-state index in [0.29, 0.717) is 13.0 Å². The van der Waals surface area contributed by atoms with Crippen molar-refractivity contribution in [3.8, 4) is 5.75 Å². The summed E-state index contributed by atoms with van der Waals surface area (Å²) in [6.07, 6.45) is 3.96. The standard InChI is InChI=1S/C21H26N2O4S/c1-3-15-5-8-17(23-14-15)11-12-27-18-9-6-16(7-10-18)13-19(28-21(22)25)20(24)26-4-2/h5-10,14,19H,3-4,11-13H2,1-2H3,(H2,22,25)/t19-/m1/s1. The first-order valence-electron chi connectivity index (χ1n) is 9.30. The summed E-state index contributed by atoms with van der Waals surface area (Å²) in [5, 5.41) is -1.25. The molecule has 0 unspecified atom stereocenters. The number of carbonyl (C=O) groups excluding carboxylic acids is 2. The molecule has 0 fully saturated rings. The molecule has 1 aromatic carbocycles. The van der Waals surface area contributed by atoms with Crippen molar-refractivity contribution in [2.45, 2.75) is 38.4 Å². The van der Waals surface area contributed by atoms with Crippen molar-refractivity contribution >= 4 is 23.0 Å². The Morgan fingerprint density at radius 1 is 1.11 bits per heavy atom. The Kier molecular flexibility index (Phi) is 8.81. The smallest absolute Gasteiger partial charge is 0.319 e. The zero-order chi connectivity index (χ0) is 20.4. The number of hydrogen-bond donors (Lipinski definition) is 1. The Morgan fingerprint density at radius 3 is 2.39 bits per heavy atom. The molecule has 0 saturated carbocycles. The SMILES string of the molecule is CCOC(=O)[C@@H](Cc1ccc(OCCc2ccc(CC)cn2)cc1)SC(N)=O. The zero-order valence-corrected chi connectivity index (χ0v) is 17.0. The second kappa shape index (κ2) is 11.3. The van der Waals surface area contributed by atoms with Gasteiger partial charge in [0.15, 0.2) is 0 Å². The summed E-state index contributed by atoms with van der Waals surface area (Å²) < 4.78 is 10.8. The lowest BCUT2D eigenvalue weighted by molar-refractivity contribution is -0.142. The average molecular weight is 403 g/mol. The molecule has 1 amide bonds. The van der Waals surface area contributed by atoms with Crippen molar-refractivity contribution in [1.29, 1.82) is 0 Å². The number of primary amides is 1. The van der Waals surface area contributed by atoms with E-state index in [2.05, 4.69) is 18.0 Å². The Hall–Kier alpha value is -2.54. The zero-order valence-electron chi connectivity index (χ0n) is 16.2. The van der Waals surface area contributed by atoms with Crippen molar-refractivity contribution in [1.82, 2.24) is 4.98 Å². The second-order valence-corrected chi connectivity index (χ2v) is 7.34. The summed E-state index contributed by atoms with van der Waals surface area (Å²) in [6.45, 7) is 4.62. The van der Waals surface area contributed by atoms with Gasteiger partial charge in [-0.05, 0) is 60.9 Å². The molecule has 0 aliphatic heterocycles. The van der Waals surface area contributed by atoms with Gasteiger partial charge >= 0.3 is 5.97 Å². The molecule has 2 N–H and O–H groups in total. The van der Waals surface area contributed by atoms with Crippen LogP contribution < -0.4 is 10.5 Å². The fraction of sp³-hybridized carbons (Fsp3) is 0.381. The minimum Gasteiger partial charge on any atom is -0.493 e. The topological polar surface area (TPSA) is 91.5 Å². The lowest BCUT2D eigenvalue weighted by atomic mass is 10.1. The number of aryl methyl sites for hydroxylation is 1. The van der Waals surface area contributed by atoms with Gasteiger partial charge in [-0.1, -0.05) is 25.1 Å². The molecule has 150 valence electrons. The first kappa shape index (κ1) is 21.8. The van der Waals surface area contributed by atoms with Crippen LogP contribution in [0.4, 0.5) is 4.79 Å². The summed E-state index contributed by atoms with van der Waals surface area (Å²) in [5.74, 6) is 0.303. The number of ether oxygens (including phenoxy) is 2. The Balaban J connectivity index is 1.86. The quantitative estimate of drug-likeness (QED) is 0.611. The van der Waals surface area contributed by atoms with Crippen LogP contribution in [0.3, 0.4) is 0 Å². The lowest BCUT2D eigenvalue weighted by Gasteiger charge is -2.14. The predicted octanol–water partition coefficient (Wildman–Crippen LogP) is 3.55. The van der Waals surface area contributed by atoms with Gasteiger partial charge < -0.3 is 15.2 Å². The van der Waals surface area contributed by atoms with E-state index in [4.69, 9.17) is 15.2 Å². The molecule has 2 rings (SSSR count). The van der Waals surface area contributed by atoms with Crippen LogP contribution in [-0.4, -0.2) is 34.7 Å². The average Bonchev–Trinajstić information content (AvgIpc) is 2.69. The maximum Gasteiger partial charge on any atom is 0.319 e. The number of pyridine rings is 1. The van der Waals surface area contributed by atoms with Crippen LogP contribution in [-0.2, 0) is 28.8 Å². The van der Waals surface area contributed by atoms with E-state index in [9.17, 15) is 9.59 Å². The van der Waals surface area contributed by atoms with Gasteiger partial charge in [0.2, 0.25) is 0 Å². The van der Waals surface area contributed by atoms with Crippen molar-refractivity contribution in [3.05, 3.63) is 59.4 Å². The van der Waals surface area contributed by atoms with Crippen LogP contribution in [0.15, 0.2) is 42.6 Å². The molecule has 0 aliphatic carbocycles.